The Morgan fingerprint density at radius 2 is 2.06 bits per heavy atom. The molecule has 1 aliphatic rings. The average molecular weight is 230 g/mol. The molecule has 3 rings (SSSR count). The van der Waals surface area contributed by atoms with E-state index in [0.29, 0.717) is 28.4 Å². The van der Waals surface area contributed by atoms with Gasteiger partial charge in [0.25, 0.3) is 5.69 Å². The van der Waals surface area contributed by atoms with Crippen LogP contribution in [0.25, 0.3) is 11.3 Å². The van der Waals surface area contributed by atoms with Gasteiger partial charge >= 0.3 is 0 Å². The summed E-state index contributed by atoms with van der Waals surface area (Å²) in [6.45, 7) is 0.165. The van der Waals surface area contributed by atoms with Crippen LogP contribution in [0.15, 0.2) is 36.5 Å². The zero-order chi connectivity index (χ0) is 11.8. The van der Waals surface area contributed by atoms with Crippen LogP contribution in [0.4, 0.5) is 5.69 Å². The van der Waals surface area contributed by atoms with E-state index < -0.39 is 0 Å². The Labute approximate surface area is 97.6 Å². The van der Waals surface area contributed by atoms with Gasteiger partial charge < -0.3 is 20.4 Å². The van der Waals surface area contributed by atoms with Gasteiger partial charge in [0.1, 0.15) is 5.69 Å². The largest absolute Gasteiger partial charge is 0.618 e. The molecule has 2 N–H and O–H groups in total. The highest BCUT2D eigenvalue weighted by atomic mass is 16.7. The molecule has 1 aromatic heterocycles. The Morgan fingerprint density at radius 1 is 1.18 bits per heavy atom. The van der Waals surface area contributed by atoms with E-state index in [2.05, 4.69) is 0 Å². The van der Waals surface area contributed by atoms with Gasteiger partial charge in [0, 0.05) is 6.07 Å². The van der Waals surface area contributed by atoms with E-state index in [1.54, 1.807) is 30.3 Å². The van der Waals surface area contributed by atoms with E-state index in [1.165, 1.54) is 6.20 Å². The second kappa shape index (κ2) is 3.55. The van der Waals surface area contributed by atoms with E-state index in [1.807, 2.05) is 0 Å². The number of ether oxygens (including phenoxy) is 2. The maximum Gasteiger partial charge on any atom is 0.250 e. The van der Waals surface area contributed by atoms with Crippen molar-refractivity contribution < 1.29 is 14.2 Å². The number of rotatable bonds is 1. The lowest BCUT2D eigenvalue weighted by Crippen LogP contribution is -2.29. The van der Waals surface area contributed by atoms with Gasteiger partial charge in [-0.15, -0.1) is 0 Å². The van der Waals surface area contributed by atoms with Gasteiger partial charge in [0.05, 0.1) is 5.56 Å². The van der Waals surface area contributed by atoms with Gasteiger partial charge in [-0.1, -0.05) is 6.07 Å². The van der Waals surface area contributed by atoms with Crippen LogP contribution in [0.5, 0.6) is 11.5 Å². The first-order chi connectivity index (χ1) is 8.27. The molecule has 0 fully saturated rings. The number of para-hydroxylation sites is 1. The lowest BCUT2D eigenvalue weighted by atomic mass is 10.1. The molecule has 86 valence electrons. The fourth-order valence-corrected chi connectivity index (χ4v) is 1.90. The highest BCUT2D eigenvalue weighted by molar-refractivity contribution is 5.77. The number of nitrogens with two attached hydrogens (primary N) is 1. The molecule has 1 aliphatic heterocycles. The van der Waals surface area contributed by atoms with E-state index in [4.69, 9.17) is 15.2 Å². The van der Waals surface area contributed by atoms with Crippen LogP contribution in [0.2, 0.25) is 0 Å². The first-order valence-electron chi connectivity index (χ1n) is 5.14. The van der Waals surface area contributed by atoms with Crippen molar-refractivity contribution >= 4 is 5.69 Å². The Hall–Kier alpha value is -2.43. The number of nitrogens with zero attached hydrogens (tertiary/aromatic N) is 1. The normalized spacial score (nSPS) is 12.7. The summed E-state index contributed by atoms with van der Waals surface area (Å²) in [6, 6.07) is 8.66. The standard InChI is InChI=1S/C12H10N2O3/c13-9-4-2-6-14(15)11(9)8-3-1-5-10-12(8)17-7-16-10/h1-6H,7,13H2. The SMILES string of the molecule is Nc1ccc[n+]([O-])c1-c1cccc2c1OCO2. The van der Waals surface area contributed by atoms with Crippen molar-refractivity contribution in [2.75, 3.05) is 12.5 Å². The molecule has 0 saturated carbocycles. The van der Waals surface area contributed by atoms with Crippen molar-refractivity contribution in [3.8, 4) is 22.8 Å². The molecular formula is C12H10N2O3. The second-order valence-electron chi connectivity index (χ2n) is 3.68. The minimum absolute atomic E-state index is 0.165. The number of pyridine rings is 1. The molecule has 0 spiro atoms. The maximum atomic E-state index is 11.8. The van der Waals surface area contributed by atoms with Crippen LogP contribution >= 0.6 is 0 Å². The molecule has 0 aliphatic carbocycles. The van der Waals surface area contributed by atoms with Crippen molar-refractivity contribution in [3.05, 3.63) is 41.7 Å². The van der Waals surface area contributed by atoms with Crippen LogP contribution < -0.4 is 19.9 Å². The predicted octanol–water partition coefficient (Wildman–Crippen LogP) is 1.30. The molecule has 0 unspecified atom stereocenters. The highest BCUT2D eigenvalue weighted by Gasteiger charge is 2.24. The van der Waals surface area contributed by atoms with Crippen molar-refractivity contribution in [2.24, 2.45) is 0 Å². The molecule has 0 saturated heterocycles. The highest BCUT2D eigenvalue weighted by Crippen LogP contribution is 2.41. The number of benzene rings is 1. The quantitative estimate of drug-likeness (QED) is 0.592. The Balaban J connectivity index is 2.26. The lowest BCUT2D eigenvalue weighted by molar-refractivity contribution is -0.593. The number of nitrogen functional groups attached to an aromatic ring is 1. The molecule has 0 radical (unpaired) electrons. The topological polar surface area (TPSA) is 71.4 Å². The summed E-state index contributed by atoms with van der Waals surface area (Å²) in [6.07, 6.45) is 1.40. The van der Waals surface area contributed by atoms with Gasteiger partial charge in [-0.05, 0) is 18.2 Å². The van der Waals surface area contributed by atoms with Crippen molar-refractivity contribution in [2.45, 2.75) is 0 Å². The Kier molecular flexibility index (Phi) is 2.04. The summed E-state index contributed by atoms with van der Waals surface area (Å²) >= 11 is 0. The third-order valence-corrected chi connectivity index (χ3v) is 2.64. The first-order valence-corrected chi connectivity index (χ1v) is 5.14. The van der Waals surface area contributed by atoms with Crippen molar-refractivity contribution in [1.82, 2.24) is 0 Å². The molecular weight excluding hydrogens is 220 g/mol. The number of anilines is 1. The lowest BCUT2D eigenvalue weighted by Gasteiger charge is -2.08. The zero-order valence-electron chi connectivity index (χ0n) is 8.92. The van der Waals surface area contributed by atoms with Crippen LogP contribution in [0.1, 0.15) is 0 Å². The van der Waals surface area contributed by atoms with Gasteiger partial charge in [-0.25, -0.2) is 0 Å². The smallest absolute Gasteiger partial charge is 0.250 e. The van der Waals surface area contributed by atoms with E-state index in [9.17, 15) is 5.21 Å². The average Bonchev–Trinajstić information content (AvgIpc) is 2.77. The van der Waals surface area contributed by atoms with Gasteiger partial charge in [-0.2, -0.15) is 4.73 Å². The minimum atomic E-state index is 0.165. The van der Waals surface area contributed by atoms with Crippen LogP contribution in [-0.2, 0) is 0 Å². The van der Waals surface area contributed by atoms with Crippen molar-refractivity contribution in [3.63, 3.8) is 0 Å². The zero-order valence-corrected chi connectivity index (χ0v) is 8.92. The molecule has 0 bridgehead atoms. The molecule has 1 aromatic carbocycles. The summed E-state index contributed by atoms with van der Waals surface area (Å²) < 4.78 is 11.4. The van der Waals surface area contributed by atoms with Gasteiger partial charge in [-0.3, -0.25) is 0 Å². The molecule has 2 heterocycles. The summed E-state index contributed by atoms with van der Waals surface area (Å²) in [7, 11) is 0. The first kappa shape index (κ1) is 9.77. The maximum absolute atomic E-state index is 11.8. The molecule has 0 amide bonds. The molecule has 17 heavy (non-hydrogen) atoms. The van der Waals surface area contributed by atoms with Crippen LogP contribution in [-0.4, -0.2) is 6.79 Å². The van der Waals surface area contributed by atoms with E-state index >= 15 is 0 Å². The fourth-order valence-electron chi connectivity index (χ4n) is 1.90. The van der Waals surface area contributed by atoms with E-state index in [-0.39, 0.29) is 6.79 Å². The monoisotopic (exact) mass is 230 g/mol. The number of aromatic nitrogens is 1. The second-order valence-corrected chi connectivity index (χ2v) is 3.68. The third-order valence-electron chi connectivity index (χ3n) is 2.64. The van der Waals surface area contributed by atoms with Crippen molar-refractivity contribution in [1.29, 1.82) is 0 Å². The molecule has 2 aromatic rings. The summed E-state index contributed by atoms with van der Waals surface area (Å²) in [5.74, 6) is 1.20. The number of hydrogen-bond acceptors (Lipinski definition) is 4. The third kappa shape index (κ3) is 1.44. The molecule has 5 heteroatoms. The summed E-state index contributed by atoms with van der Waals surface area (Å²) in [4.78, 5) is 0. The number of fused-ring (bicyclic) bond motifs is 1. The fraction of sp³-hybridized carbons (Fsp3) is 0.0833. The minimum Gasteiger partial charge on any atom is -0.618 e. The predicted molar refractivity (Wildman–Crippen MR) is 61.4 cm³/mol. The summed E-state index contributed by atoms with van der Waals surface area (Å²) in [5, 5.41) is 11.8. The van der Waals surface area contributed by atoms with Crippen LogP contribution in [0, 0.1) is 5.21 Å². The molecule has 0 atom stereocenters. The van der Waals surface area contributed by atoms with E-state index in [0.717, 1.165) is 4.73 Å². The Morgan fingerprint density at radius 3 is 2.88 bits per heavy atom. The number of hydrogen-bond donors (Lipinski definition) is 1. The summed E-state index contributed by atoms with van der Waals surface area (Å²) in [5.41, 5.74) is 7.27. The van der Waals surface area contributed by atoms with Gasteiger partial charge in [0.15, 0.2) is 17.7 Å². The van der Waals surface area contributed by atoms with Crippen LogP contribution in [0.3, 0.4) is 0 Å². The Bertz CT molecular complexity index is 564. The van der Waals surface area contributed by atoms with Gasteiger partial charge in [0.2, 0.25) is 6.79 Å². The molecule has 5 nitrogen and oxygen atoms in total.